The molecule has 0 spiro atoms. The molecule has 0 unspecified atom stereocenters. The lowest BCUT2D eigenvalue weighted by atomic mass is 10.2. The Balaban J connectivity index is 2.82. The van der Waals surface area contributed by atoms with Gasteiger partial charge < -0.3 is 10.2 Å². The topological polar surface area (TPSA) is 45.2 Å². The van der Waals surface area contributed by atoms with Crippen LogP contribution in [0.1, 0.15) is 19.4 Å². The van der Waals surface area contributed by atoms with Crippen LogP contribution in [0, 0.1) is 6.92 Å². The van der Waals surface area contributed by atoms with Crippen LogP contribution in [0.2, 0.25) is 0 Å². The second-order valence-electron chi connectivity index (χ2n) is 3.76. The van der Waals surface area contributed by atoms with Gasteiger partial charge in [0.25, 0.3) is 0 Å². The van der Waals surface area contributed by atoms with E-state index >= 15 is 0 Å². The second kappa shape index (κ2) is 6.59. The number of pyridine rings is 1. The molecular weight excluding hydrogens is 282 g/mol. The first-order valence-electron chi connectivity index (χ1n) is 5.72. The number of hydrogen-bond donors (Lipinski definition) is 1. The van der Waals surface area contributed by atoms with E-state index in [1.165, 1.54) is 0 Å². The summed E-state index contributed by atoms with van der Waals surface area (Å²) in [6, 6.07) is 2.00. The highest BCUT2D eigenvalue weighted by Gasteiger charge is 2.12. The van der Waals surface area contributed by atoms with Gasteiger partial charge in [-0.05, 0) is 48.3 Å². The first-order chi connectivity index (χ1) is 8.08. The van der Waals surface area contributed by atoms with Gasteiger partial charge in [-0.25, -0.2) is 4.98 Å². The number of likely N-dealkylation sites (N-methyl/N-ethyl adjacent to an activating group) is 2. The van der Waals surface area contributed by atoms with Crippen molar-refractivity contribution in [2.75, 3.05) is 24.5 Å². The van der Waals surface area contributed by atoms with E-state index in [1.807, 2.05) is 31.7 Å². The lowest BCUT2D eigenvalue weighted by Crippen LogP contribution is -2.37. The number of hydrogen-bond acceptors (Lipinski definition) is 3. The Labute approximate surface area is 111 Å². The maximum Gasteiger partial charge on any atom is 0.239 e. The Morgan fingerprint density at radius 3 is 2.76 bits per heavy atom. The molecule has 0 aliphatic carbocycles. The molecule has 0 bridgehead atoms. The number of carbonyl (C=O) groups excluding carboxylic acids is 1. The highest BCUT2D eigenvalue weighted by Crippen LogP contribution is 2.20. The van der Waals surface area contributed by atoms with Crippen molar-refractivity contribution >= 4 is 27.7 Å². The summed E-state index contributed by atoms with van der Waals surface area (Å²) >= 11 is 3.38. The number of aromatic nitrogens is 1. The van der Waals surface area contributed by atoms with E-state index in [2.05, 4.69) is 26.2 Å². The van der Waals surface area contributed by atoms with Crippen molar-refractivity contribution in [1.29, 1.82) is 0 Å². The molecular formula is C12H18BrN3O. The normalized spacial score (nSPS) is 10.1. The summed E-state index contributed by atoms with van der Waals surface area (Å²) in [5, 5.41) is 2.79. The van der Waals surface area contributed by atoms with Gasteiger partial charge in [-0.3, -0.25) is 4.79 Å². The Morgan fingerprint density at radius 2 is 2.24 bits per heavy atom. The third-order valence-corrected chi connectivity index (χ3v) is 2.84. The van der Waals surface area contributed by atoms with E-state index in [0.717, 1.165) is 22.4 Å². The minimum absolute atomic E-state index is 0.0264. The summed E-state index contributed by atoms with van der Waals surface area (Å²) in [5.74, 6) is 0.889. The van der Waals surface area contributed by atoms with E-state index in [-0.39, 0.29) is 5.91 Å². The monoisotopic (exact) mass is 299 g/mol. The first-order valence-corrected chi connectivity index (χ1v) is 6.51. The van der Waals surface area contributed by atoms with Gasteiger partial charge >= 0.3 is 0 Å². The molecule has 1 heterocycles. The molecule has 4 nitrogen and oxygen atoms in total. The number of halogens is 1. The molecule has 1 aromatic heterocycles. The fourth-order valence-electron chi connectivity index (χ4n) is 1.63. The zero-order valence-corrected chi connectivity index (χ0v) is 12.0. The molecule has 0 fully saturated rings. The number of anilines is 1. The fourth-order valence-corrected chi connectivity index (χ4v) is 2.07. The van der Waals surface area contributed by atoms with Crippen molar-refractivity contribution in [3.8, 4) is 0 Å². The number of carbonyl (C=O) groups is 1. The Bertz CT molecular complexity index is 395. The van der Waals surface area contributed by atoms with Gasteiger partial charge in [0.05, 0.1) is 6.54 Å². The molecule has 94 valence electrons. The van der Waals surface area contributed by atoms with Gasteiger partial charge in [0, 0.05) is 23.8 Å². The maximum absolute atomic E-state index is 11.6. The van der Waals surface area contributed by atoms with Crippen LogP contribution in [0.5, 0.6) is 0 Å². The zero-order chi connectivity index (χ0) is 12.8. The minimum Gasteiger partial charge on any atom is -0.355 e. The summed E-state index contributed by atoms with van der Waals surface area (Å²) in [6.07, 6.45) is 1.75. The Kier molecular flexibility index (Phi) is 5.41. The molecule has 0 atom stereocenters. The number of nitrogens with zero attached hydrogens (tertiary/aromatic N) is 2. The Morgan fingerprint density at radius 1 is 1.53 bits per heavy atom. The average molecular weight is 300 g/mol. The van der Waals surface area contributed by atoms with Crippen molar-refractivity contribution < 1.29 is 4.79 Å². The third-order valence-electron chi connectivity index (χ3n) is 2.41. The van der Waals surface area contributed by atoms with Crippen LogP contribution in [0.4, 0.5) is 5.82 Å². The number of aryl methyl sites for hydroxylation is 1. The maximum atomic E-state index is 11.6. The molecule has 0 aliphatic heterocycles. The molecule has 1 N–H and O–H groups in total. The summed E-state index contributed by atoms with van der Waals surface area (Å²) < 4.78 is 0.952. The summed E-state index contributed by atoms with van der Waals surface area (Å²) in [5.41, 5.74) is 1.06. The SMILES string of the molecule is CCNC(=O)CN(CC)c1ncc(Br)cc1C. The van der Waals surface area contributed by atoms with Crippen LogP contribution < -0.4 is 10.2 Å². The Hall–Kier alpha value is -1.10. The van der Waals surface area contributed by atoms with Crippen LogP contribution in [-0.4, -0.2) is 30.5 Å². The predicted molar refractivity (Wildman–Crippen MR) is 73.2 cm³/mol. The lowest BCUT2D eigenvalue weighted by molar-refractivity contribution is -0.119. The van der Waals surface area contributed by atoms with E-state index in [1.54, 1.807) is 6.20 Å². The molecule has 0 saturated carbocycles. The van der Waals surface area contributed by atoms with Gasteiger partial charge in [-0.2, -0.15) is 0 Å². The largest absolute Gasteiger partial charge is 0.355 e. The van der Waals surface area contributed by atoms with Gasteiger partial charge in [-0.15, -0.1) is 0 Å². The standard InChI is InChI=1S/C12H18BrN3O/c1-4-14-11(17)8-16(5-2)12-9(3)6-10(13)7-15-12/h6-7H,4-5,8H2,1-3H3,(H,14,17). The minimum atomic E-state index is 0.0264. The van der Waals surface area contributed by atoms with Crippen LogP contribution in [0.15, 0.2) is 16.7 Å². The van der Waals surface area contributed by atoms with Crippen molar-refractivity contribution in [2.45, 2.75) is 20.8 Å². The smallest absolute Gasteiger partial charge is 0.239 e. The molecule has 0 saturated heterocycles. The molecule has 0 aliphatic rings. The van der Waals surface area contributed by atoms with Crippen molar-refractivity contribution in [2.24, 2.45) is 0 Å². The van der Waals surface area contributed by atoms with Crippen molar-refractivity contribution in [3.05, 3.63) is 22.3 Å². The molecule has 1 aromatic rings. The van der Waals surface area contributed by atoms with E-state index in [0.29, 0.717) is 13.1 Å². The third kappa shape index (κ3) is 4.00. The summed E-state index contributed by atoms with van der Waals surface area (Å²) in [4.78, 5) is 17.9. The lowest BCUT2D eigenvalue weighted by Gasteiger charge is -2.22. The molecule has 5 heteroatoms. The van der Waals surface area contributed by atoms with Gasteiger partial charge in [0.2, 0.25) is 5.91 Å². The van der Waals surface area contributed by atoms with Crippen LogP contribution in [0.3, 0.4) is 0 Å². The van der Waals surface area contributed by atoms with Crippen molar-refractivity contribution in [3.63, 3.8) is 0 Å². The molecule has 1 rings (SSSR count). The van der Waals surface area contributed by atoms with Crippen LogP contribution >= 0.6 is 15.9 Å². The van der Waals surface area contributed by atoms with E-state index in [4.69, 9.17) is 0 Å². The summed E-state index contributed by atoms with van der Waals surface area (Å²) in [6.45, 7) is 7.68. The van der Waals surface area contributed by atoms with Gasteiger partial charge in [0.15, 0.2) is 0 Å². The second-order valence-corrected chi connectivity index (χ2v) is 4.68. The highest BCUT2D eigenvalue weighted by molar-refractivity contribution is 9.10. The molecule has 1 amide bonds. The molecule has 17 heavy (non-hydrogen) atoms. The highest BCUT2D eigenvalue weighted by atomic mass is 79.9. The van der Waals surface area contributed by atoms with Gasteiger partial charge in [0.1, 0.15) is 5.82 Å². The summed E-state index contributed by atoms with van der Waals surface area (Å²) in [7, 11) is 0. The van der Waals surface area contributed by atoms with Gasteiger partial charge in [-0.1, -0.05) is 0 Å². The zero-order valence-electron chi connectivity index (χ0n) is 10.5. The van der Waals surface area contributed by atoms with Crippen LogP contribution in [-0.2, 0) is 4.79 Å². The van der Waals surface area contributed by atoms with E-state index < -0.39 is 0 Å². The molecule has 0 radical (unpaired) electrons. The number of rotatable bonds is 5. The van der Waals surface area contributed by atoms with Crippen LogP contribution in [0.25, 0.3) is 0 Å². The fraction of sp³-hybridized carbons (Fsp3) is 0.500. The van der Waals surface area contributed by atoms with Crippen molar-refractivity contribution in [1.82, 2.24) is 10.3 Å². The number of nitrogens with one attached hydrogen (secondary N) is 1. The first kappa shape index (κ1) is 14.0. The average Bonchev–Trinajstić information content (AvgIpc) is 2.27. The van der Waals surface area contributed by atoms with E-state index in [9.17, 15) is 4.79 Å². The quantitative estimate of drug-likeness (QED) is 0.906. The predicted octanol–water partition coefficient (Wildman–Crippen LogP) is 2.11. The number of amides is 1. The molecule has 0 aromatic carbocycles.